The van der Waals surface area contributed by atoms with Gasteiger partial charge in [-0.1, -0.05) is 39.4 Å². The smallest absolute Gasteiger partial charge is 0.143 e. The SMILES string of the molecule is Cc1c(Br)cccc1-c1nnc(CCCl)s1. The predicted octanol–water partition coefficient (Wildman–Crippen LogP) is 4.06. The number of hydrogen-bond donors (Lipinski definition) is 0. The molecule has 2 nitrogen and oxygen atoms in total. The van der Waals surface area contributed by atoms with Crippen LogP contribution in [-0.2, 0) is 6.42 Å². The van der Waals surface area contributed by atoms with Crippen LogP contribution in [-0.4, -0.2) is 16.1 Å². The summed E-state index contributed by atoms with van der Waals surface area (Å²) in [5, 5.41) is 10.3. The molecule has 0 aliphatic rings. The Bertz CT molecular complexity index is 498. The fraction of sp³-hybridized carbons (Fsp3) is 0.273. The number of aryl methyl sites for hydroxylation is 1. The summed E-state index contributed by atoms with van der Waals surface area (Å²) in [4.78, 5) is 0. The number of halogens is 2. The summed E-state index contributed by atoms with van der Waals surface area (Å²) in [7, 11) is 0. The van der Waals surface area contributed by atoms with Gasteiger partial charge in [0.2, 0.25) is 0 Å². The molecule has 1 heterocycles. The zero-order valence-corrected chi connectivity index (χ0v) is 11.9. The molecule has 0 saturated carbocycles. The average Bonchev–Trinajstić information content (AvgIpc) is 2.71. The molecule has 0 aliphatic carbocycles. The van der Waals surface area contributed by atoms with Crippen LogP contribution in [0.4, 0.5) is 0 Å². The van der Waals surface area contributed by atoms with Crippen molar-refractivity contribution in [1.29, 1.82) is 0 Å². The first-order chi connectivity index (χ1) is 7.72. The molecule has 1 aromatic heterocycles. The van der Waals surface area contributed by atoms with E-state index in [1.54, 1.807) is 11.3 Å². The van der Waals surface area contributed by atoms with Crippen LogP contribution in [0.3, 0.4) is 0 Å². The standard InChI is InChI=1S/C11H10BrClN2S/c1-7-8(3-2-4-9(7)12)11-15-14-10(16-11)5-6-13/h2-4H,5-6H2,1H3. The lowest BCUT2D eigenvalue weighted by atomic mass is 10.1. The van der Waals surface area contributed by atoms with Crippen molar-refractivity contribution in [2.24, 2.45) is 0 Å². The highest BCUT2D eigenvalue weighted by molar-refractivity contribution is 9.10. The highest BCUT2D eigenvalue weighted by atomic mass is 79.9. The molecule has 0 radical (unpaired) electrons. The molecule has 0 amide bonds. The fourth-order valence-electron chi connectivity index (χ4n) is 1.38. The first kappa shape index (κ1) is 12.0. The van der Waals surface area contributed by atoms with Crippen molar-refractivity contribution >= 4 is 38.9 Å². The van der Waals surface area contributed by atoms with E-state index in [9.17, 15) is 0 Å². The molecule has 0 unspecified atom stereocenters. The minimum atomic E-state index is 0.589. The number of aromatic nitrogens is 2. The molecular weight excluding hydrogens is 308 g/mol. The van der Waals surface area contributed by atoms with Gasteiger partial charge in [-0.2, -0.15) is 0 Å². The van der Waals surface area contributed by atoms with Crippen molar-refractivity contribution in [2.45, 2.75) is 13.3 Å². The molecule has 0 bridgehead atoms. The largest absolute Gasteiger partial charge is 0.148 e. The van der Waals surface area contributed by atoms with E-state index in [0.717, 1.165) is 26.5 Å². The monoisotopic (exact) mass is 316 g/mol. The average molecular weight is 318 g/mol. The number of alkyl halides is 1. The highest BCUT2D eigenvalue weighted by Gasteiger charge is 2.10. The Morgan fingerprint density at radius 2 is 2.19 bits per heavy atom. The Kier molecular flexibility index (Phi) is 3.95. The van der Waals surface area contributed by atoms with E-state index in [1.807, 2.05) is 12.1 Å². The van der Waals surface area contributed by atoms with E-state index in [-0.39, 0.29) is 0 Å². The first-order valence-electron chi connectivity index (χ1n) is 4.86. The van der Waals surface area contributed by atoms with Crippen molar-refractivity contribution in [3.63, 3.8) is 0 Å². The lowest BCUT2D eigenvalue weighted by molar-refractivity contribution is 0.989. The van der Waals surface area contributed by atoms with Crippen LogP contribution in [0.2, 0.25) is 0 Å². The van der Waals surface area contributed by atoms with Crippen molar-refractivity contribution in [1.82, 2.24) is 10.2 Å². The Morgan fingerprint density at radius 1 is 1.38 bits per heavy atom. The summed E-state index contributed by atoms with van der Waals surface area (Å²) >= 11 is 10.8. The number of nitrogens with zero attached hydrogens (tertiary/aromatic N) is 2. The highest BCUT2D eigenvalue weighted by Crippen LogP contribution is 2.30. The lowest BCUT2D eigenvalue weighted by Gasteiger charge is -2.02. The molecule has 0 aliphatic heterocycles. The second-order valence-corrected chi connectivity index (χ2v) is 5.65. The van der Waals surface area contributed by atoms with Crippen LogP contribution < -0.4 is 0 Å². The van der Waals surface area contributed by atoms with E-state index >= 15 is 0 Å². The molecule has 2 aromatic rings. The van der Waals surface area contributed by atoms with Crippen LogP contribution in [0.1, 0.15) is 10.6 Å². The third-order valence-electron chi connectivity index (χ3n) is 2.27. The normalized spacial score (nSPS) is 10.7. The summed E-state index contributed by atoms with van der Waals surface area (Å²) in [5.41, 5.74) is 2.32. The van der Waals surface area contributed by atoms with E-state index in [1.165, 1.54) is 5.56 Å². The topological polar surface area (TPSA) is 25.8 Å². The van der Waals surface area contributed by atoms with Gasteiger partial charge in [-0.25, -0.2) is 0 Å². The van der Waals surface area contributed by atoms with Crippen LogP contribution >= 0.6 is 38.9 Å². The van der Waals surface area contributed by atoms with Gasteiger partial charge in [-0.3, -0.25) is 0 Å². The number of rotatable bonds is 3. The molecule has 84 valence electrons. The van der Waals surface area contributed by atoms with Gasteiger partial charge < -0.3 is 0 Å². The Morgan fingerprint density at radius 3 is 2.94 bits per heavy atom. The third-order valence-corrected chi connectivity index (χ3v) is 4.34. The molecule has 2 rings (SSSR count). The van der Waals surface area contributed by atoms with Gasteiger partial charge in [0.05, 0.1) is 0 Å². The molecule has 0 fully saturated rings. The maximum absolute atomic E-state index is 5.68. The lowest BCUT2D eigenvalue weighted by Crippen LogP contribution is -1.84. The van der Waals surface area contributed by atoms with Crippen LogP contribution in [0.15, 0.2) is 22.7 Å². The summed E-state index contributed by atoms with van der Waals surface area (Å²) in [5.74, 6) is 0.589. The van der Waals surface area contributed by atoms with Gasteiger partial charge >= 0.3 is 0 Å². The molecule has 0 atom stereocenters. The van der Waals surface area contributed by atoms with Gasteiger partial charge in [-0.15, -0.1) is 21.8 Å². The van der Waals surface area contributed by atoms with Gasteiger partial charge in [0.1, 0.15) is 10.0 Å². The maximum atomic E-state index is 5.68. The Hall–Kier alpha value is -0.450. The summed E-state index contributed by atoms with van der Waals surface area (Å²) in [6.45, 7) is 2.07. The minimum absolute atomic E-state index is 0.589. The second kappa shape index (κ2) is 5.25. The van der Waals surface area contributed by atoms with Crippen molar-refractivity contribution < 1.29 is 0 Å². The molecule has 5 heteroatoms. The quantitative estimate of drug-likeness (QED) is 0.798. The Labute approximate surface area is 112 Å². The summed E-state index contributed by atoms with van der Waals surface area (Å²) in [6, 6.07) is 6.10. The van der Waals surface area contributed by atoms with Crippen LogP contribution in [0, 0.1) is 6.92 Å². The molecule has 0 N–H and O–H groups in total. The maximum Gasteiger partial charge on any atom is 0.148 e. The van der Waals surface area contributed by atoms with Crippen molar-refractivity contribution in [3.8, 4) is 10.6 Å². The van der Waals surface area contributed by atoms with E-state index in [2.05, 4.69) is 39.1 Å². The van der Waals surface area contributed by atoms with Crippen LogP contribution in [0.25, 0.3) is 10.6 Å². The third kappa shape index (κ3) is 2.44. The molecule has 1 aromatic carbocycles. The zero-order valence-electron chi connectivity index (χ0n) is 8.70. The second-order valence-electron chi connectivity index (χ2n) is 3.35. The van der Waals surface area contributed by atoms with Crippen LogP contribution in [0.5, 0.6) is 0 Å². The van der Waals surface area contributed by atoms with E-state index in [0.29, 0.717) is 5.88 Å². The fourth-order valence-corrected chi connectivity index (χ4v) is 2.96. The van der Waals surface area contributed by atoms with Gasteiger partial charge in [-0.05, 0) is 18.6 Å². The Balaban J connectivity index is 2.39. The minimum Gasteiger partial charge on any atom is -0.143 e. The van der Waals surface area contributed by atoms with Crippen molar-refractivity contribution in [3.05, 3.63) is 33.2 Å². The summed E-state index contributed by atoms with van der Waals surface area (Å²) in [6.07, 6.45) is 0.784. The van der Waals surface area contributed by atoms with Gasteiger partial charge in [0.15, 0.2) is 0 Å². The molecule has 0 spiro atoms. The molecule has 0 saturated heterocycles. The first-order valence-corrected chi connectivity index (χ1v) is 7.00. The number of hydrogen-bond acceptors (Lipinski definition) is 3. The predicted molar refractivity (Wildman–Crippen MR) is 72.2 cm³/mol. The molecule has 16 heavy (non-hydrogen) atoms. The summed E-state index contributed by atoms with van der Waals surface area (Å²) < 4.78 is 1.10. The van der Waals surface area contributed by atoms with Gasteiger partial charge in [0.25, 0.3) is 0 Å². The zero-order chi connectivity index (χ0) is 11.5. The van der Waals surface area contributed by atoms with E-state index in [4.69, 9.17) is 11.6 Å². The number of benzene rings is 1. The van der Waals surface area contributed by atoms with Crippen molar-refractivity contribution in [2.75, 3.05) is 5.88 Å². The van der Waals surface area contributed by atoms with Gasteiger partial charge in [0, 0.05) is 22.3 Å². The van der Waals surface area contributed by atoms with E-state index < -0.39 is 0 Å². The molecular formula is C11H10BrClN2S.